The number of carbonyl (C=O) groups is 2. The summed E-state index contributed by atoms with van der Waals surface area (Å²) in [5, 5.41) is 21.7. The molecule has 0 amide bonds. The van der Waals surface area contributed by atoms with Gasteiger partial charge in [0.2, 0.25) is 0 Å². The van der Waals surface area contributed by atoms with Crippen molar-refractivity contribution in [2.24, 2.45) is 10.7 Å². The minimum atomic E-state index is -0.365. The monoisotopic (exact) mass is 1040 g/mol. The number of nitrogens with one attached hydrogen (secondary N) is 1. The van der Waals surface area contributed by atoms with Crippen LogP contribution in [0.15, 0.2) is 157 Å². The van der Waals surface area contributed by atoms with Gasteiger partial charge in [-0.1, -0.05) is 209 Å². The summed E-state index contributed by atoms with van der Waals surface area (Å²) < 4.78 is 0.975. The normalized spacial score (nSPS) is 12.9. The summed E-state index contributed by atoms with van der Waals surface area (Å²) in [6, 6.07) is 48.2. The summed E-state index contributed by atoms with van der Waals surface area (Å²) in [5.41, 5.74) is 11.9. The Labute approximate surface area is 460 Å². The van der Waals surface area contributed by atoms with Crippen LogP contribution in [-0.4, -0.2) is 67.7 Å². The van der Waals surface area contributed by atoms with Crippen molar-refractivity contribution in [1.82, 2.24) is 10.5 Å². The second kappa shape index (κ2) is 48.1. The number of hydrogen-bond acceptors (Lipinski definition) is 9. The molecule has 0 aliphatic carbocycles. The standard InChI is InChI=1S/2C11H15NO.C11H15N.2C7H6O.C4H11NO.C4H11N.5C2H6/c1-11(2,3)12-10(13-12)9-7-5-4-6-8-9;1-11(2,3)12(13)9-10-7-5-4-6-8-10;1-11(2,3)12-9-10-7-5-4-6-8-10;2*8-6-7-4-2-1-3-5-7;1-4(2,3)5-6;1-4(2,3)5;5*1-2/h4-8,10H,1-3H3;4-9H,1-3H3;4-9H,1-3H3;2*1-6H;5-6H,1-3H3;5H2,1-3H3;5*1-2H3/b;12-9-;;;;;;;;;;. The summed E-state index contributed by atoms with van der Waals surface area (Å²) >= 11 is 0. The first-order chi connectivity index (χ1) is 35.1. The average Bonchev–Trinajstić information content (AvgIpc) is 4.23. The smallest absolute Gasteiger partial charge is 0.182 e. The van der Waals surface area contributed by atoms with E-state index in [4.69, 9.17) is 15.8 Å². The number of nitrogens with zero attached hydrogens (tertiary/aromatic N) is 3. The quantitative estimate of drug-likeness (QED) is 0.0394. The molecule has 0 aromatic heterocycles. The van der Waals surface area contributed by atoms with E-state index >= 15 is 0 Å². The van der Waals surface area contributed by atoms with Crippen molar-refractivity contribution in [3.63, 3.8) is 0 Å². The lowest BCUT2D eigenvalue weighted by atomic mass is 10.1. The highest BCUT2D eigenvalue weighted by molar-refractivity contribution is 5.79. The molecule has 1 fully saturated rings. The molecule has 5 aromatic rings. The minimum absolute atomic E-state index is 0. The Morgan fingerprint density at radius 1 is 0.520 bits per heavy atom. The van der Waals surface area contributed by atoms with E-state index < -0.39 is 0 Å². The highest BCUT2D eigenvalue weighted by Gasteiger charge is 2.45. The molecule has 10 heteroatoms. The first-order valence-corrected chi connectivity index (χ1v) is 26.8. The van der Waals surface area contributed by atoms with E-state index in [1.54, 1.807) is 30.5 Å². The maximum atomic E-state index is 11.5. The van der Waals surface area contributed by atoms with Crippen LogP contribution < -0.4 is 11.2 Å². The molecule has 1 aliphatic heterocycles. The van der Waals surface area contributed by atoms with Gasteiger partial charge in [0, 0.05) is 60.3 Å². The van der Waals surface area contributed by atoms with Crippen LogP contribution in [0.2, 0.25) is 0 Å². The number of hydroxylamine groups is 4. The molecule has 1 heterocycles. The molecule has 1 saturated heterocycles. The van der Waals surface area contributed by atoms with Gasteiger partial charge in [-0.3, -0.25) is 19.4 Å². The zero-order chi connectivity index (χ0) is 59.7. The minimum Gasteiger partial charge on any atom is -0.623 e. The molecule has 1 aliphatic rings. The van der Waals surface area contributed by atoms with Crippen LogP contribution in [0.1, 0.15) is 217 Å². The van der Waals surface area contributed by atoms with E-state index in [-0.39, 0.29) is 33.9 Å². The van der Waals surface area contributed by atoms with Crippen LogP contribution >= 0.6 is 0 Å². The number of nitrogens with two attached hydrogens (primary N) is 1. The van der Waals surface area contributed by atoms with Gasteiger partial charge in [0.25, 0.3) is 0 Å². The summed E-state index contributed by atoms with van der Waals surface area (Å²) in [6.45, 7) is 49.9. The molecule has 6 rings (SSSR count). The van der Waals surface area contributed by atoms with Gasteiger partial charge in [0.1, 0.15) is 12.6 Å². The van der Waals surface area contributed by atoms with Crippen LogP contribution in [0.4, 0.5) is 0 Å². The van der Waals surface area contributed by atoms with Crippen LogP contribution in [0.3, 0.4) is 0 Å². The van der Waals surface area contributed by atoms with E-state index in [9.17, 15) is 14.8 Å². The predicted octanol–water partition coefficient (Wildman–Crippen LogP) is 17.7. The molecule has 2 unspecified atom stereocenters. The third kappa shape index (κ3) is 56.0. The maximum Gasteiger partial charge on any atom is 0.182 e. The Morgan fingerprint density at radius 2 is 0.787 bits per heavy atom. The predicted molar refractivity (Wildman–Crippen MR) is 330 cm³/mol. The van der Waals surface area contributed by atoms with Crippen molar-refractivity contribution in [1.29, 1.82) is 0 Å². The molecule has 0 saturated carbocycles. The largest absolute Gasteiger partial charge is 0.623 e. The number of benzene rings is 5. The van der Waals surface area contributed by atoms with E-state index in [0.29, 0.717) is 0 Å². The first-order valence-electron chi connectivity index (χ1n) is 26.8. The van der Waals surface area contributed by atoms with Gasteiger partial charge in [0.15, 0.2) is 18.0 Å². The van der Waals surface area contributed by atoms with Gasteiger partial charge in [-0.15, -0.1) is 5.06 Å². The number of carbonyl (C=O) groups excluding carboxylic acids is 2. The fourth-order valence-electron chi connectivity index (χ4n) is 4.14. The van der Waals surface area contributed by atoms with Crippen molar-refractivity contribution in [3.8, 4) is 0 Å². The molecule has 2 atom stereocenters. The summed E-state index contributed by atoms with van der Waals surface area (Å²) in [4.78, 5) is 29.9. The molecular weight excluding hydrogens is 931 g/mol. The van der Waals surface area contributed by atoms with Crippen molar-refractivity contribution in [2.75, 3.05) is 0 Å². The Bertz CT molecular complexity index is 1980. The topological polar surface area (TPSA) is 146 Å². The number of aliphatic imine (C=N–C) groups is 1. The first kappa shape index (κ1) is 80.8. The van der Waals surface area contributed by atoms with Gasteiger partial charge in [-0.2, -0.15) is 0 Å². The van der Waals surface area contributed by atoms with E-state index in [2.05, 4.69) is 76.3 Å². The van der Waals surface area contributed by atoms with Crippen LogP contribution in [-0.2, 0) is 4.84 Å². The zero-order valence-electron chi connectivity index (χ0n) is 51.8. The molecular formula is C65H109N5O5. The van der Waals surface area contributed by atoms with E-state index in [0.717, 1.165) is 39.6 Å². The summed E-state index contributed by atoms with van der Waals surface area (Å²) in [7, 11) is 0. The number of hydrogen-bond donors (Lipinski definition) is 3. The lowest BCUT2D eigenvalue weighted by molar-refractivity contribution is -0.530. The molecule has 424 valence electrons. The molecule has 0 radical (unpaired) electrons. The van der Waals surface area contributed by atoms with Gasteiger partial charge >= 0.3 is 0 Å². The molecule has 10 nitrogen and oxygen atoms in total. The van der Waals surface area contributed by atoms with Gasteiger partial charge in [0.05, 0.1) is 5.54 Å². The maximum absolute atomic E-state index is 11.5. The second-order valence-electron chi connectivity index (χ2n) is 20.0. The summed E-state index contributed by atoms with van der Waals surface area (Å²) in [5.74, 6) is 0. The Morgan fingerprint density at radius 3 is 1.00 bits per heavy atom. The van der Waals surface area contributed by atoms with Crippen molar-refractivity contribution in [2.45, 2.75) is 207 Å². The van der Waals surface area contributed by atoms with Crippen LogP contribution in [0.25, 0.3) is 0 Å². The second-order valence-corrected chi connectivity index (χ2v) is 20.0. The third-order valence-electron chi connectivity index (χ3n) is 7.46. The number of rotatable bonds is 5. The molecule has 4 N–H and O–H groups in total. The fraction of sp³-hybridized carbons (Fsp3) is 0.477. The third-order valence-corrected chi connectivity index (χ3v) is 7.46. The van der Waals surface area contributed by atoms with Gasteiger partial charge < -0.3 is 16.1 Å². The van der Waals surface area contributed by atoms with E-state index in [1.807, 2.05) is 246 Å². The van der Waals surface area contributed by atoms with Gasteiger partial charge in [-0.05, 0) is 106 Å². The SMILES string of the molecule is CC.CC.CC.CC.CC.CC(C)(C)/[N+]([O-])=C/c1ccccc1.CC(C)(C)N.CC(C)(C)N1OC1c1ccccc1.CC(C)(C)N=Cc1ccccc1.CC(C)(C)NO.O=Cc1ccccc1.O=Cc1ccccc1. The lowest BCUT2D eigenvalue weighted by Crippen LogP contribution is -2.32. The number of aldehydes is 2. The Balaban J connectivity index is -0.000000183. The lowest BCUT2D eigenvalue weighted by Gasteiger charge is -2.18. The van der Waals surface area contributed by atoms with Gasteiger partial charge in [-0.25, -0.2) is 10.2 Å². The Hall–Kier alpha value is -5.62. The fourth-order valence-corrected chi connectivity index (χ4v) is 4.14. The average molecular weight is 1040 g/mol. The zero-order valence-corrected chi connectivity index (χ0v) is 51.8. The molecule has 75 heavy (non-hydrogen) atoms. The van der Waals surface area contributed by atoms with Crippen molar-refractivity contribution < 1.29 is 24.4 Å². The Kier molecular flexibility index (Phi) is 51.7. The molecule has 5 aromatic carbocycles. The van der Waals surface area contributed by atoms with E-state index in [1.165, 1.54) is 5.56 Å². The van der Waals surface area contributed by atoms with Crippen molar-refractivity contribution >= 4 is 25.0 Å². The highest BCUT2D eigenvalue weighted by Crippen LogP contribution is 2.42. The highest BCUT2D eigenvalue weighted by atomic mass is 16.8. The van der Waals surface area contributed by atoms with Crippen LogP contribution in [0.5, 0.6) is 0 Å². The molecule has 0 spiro atoms. The summed E-state index contributed by atoms with van der Waals surface area (Å²) in [6.07, 6.45) is 5.36. The molecule has 0 bridgehead atoms. The van der Waals surface area contributed by atoms with Crippen molar-refractivity contribution in [3.05, 3.63) is 185 Å². The van der Waals surface area contributed by atoms with Crippen LogP contribution in [0, 0.1) is 5.21 Å².